The van der Waals surface area contributed by atoms with Gasteiger partial charge in [0.15, 0.2) is 0 Å². The summed E-state index contributed by atoms with van der Waals surface area (Å²) >= 11 is 8.29. The minimum Gasteiger partial charge on any atom is -0.327 e. The highest BCUT2D eigenvalue weighted by atomic mass is 32.1. The minimum absolute atomic E-state index is 0.255. The molecule has 2 rings (SSSR count). The third-order valence-electron chi connectivity index (χ3n) is 3.68. The van der Waals surface area contributed by atoms with Gasteiger partial charge in [0, 0.05) is 12.1 Å². The fourth-order valence-electron chi connectivity index (χ4n) is 2.37. The van der Waals surface area contributed by atoms with Crippen LogP contribution in [0.5, 0.6) is 0 Å². The third-order valence-corrected chi connectivity index (χ3v) is 4.20. The summed E-state index contributed by atoms with van der Waals surface area (Å²) in [6, 6.07) is 21.2. The van der Waals surface area contributed by atoms with Gasteiger partial charge in [-0.15, -0.1) is 0 Å². The van der Waals surface area contributed by atoms with Crippen molar-refractivity contribution in [3.63, 3.8) is 0 Å². The van der Waals surface area contributed by atoms with E-state index in [9.17, 15) is 0 Å². The van der Waals surface area contributed by atoms with Crippen molar-refractivity contribution in [1.29, 1.82) is 0 Å². The fourth-order valence-corrected chi connectivity index (χ4v) is 3.03. The van der Waals surface area contributed by atoms with E-state index in [2.05, 4.69) is 49.5 Å². The summed E-state index contributed by atoms with van der Waals surface area (Å²) in [5, 5.41) is 0. The Balaban J connectivity index is 0.000000240. The summed E-state index contributed by atoms with van der Waals surface area (Å²) in [6.07, 6.45) is 3.89. The van der Waals surface area contributed by atoms with Gasteiger partial charge in [-0.2, -0.15) is 25.3 Å². The number of thiol groups is 2. The molecule has 0 spiro atoms. The van der Waals surface area contributed by atoms with Crippen LogP contribution in [0.25, 0.3) is 0 Å². The van der Waals surface area contributed by atoms with Crippen LogP contribution in [-0.4, -0.2) is 23.6 Å². The first-order valence-electron chi connectivity index (χ1n) is 8.46. The topological polar surface area (TPSA) is 52.0 Å². The normalized spacial score (nSPS) is 12.8. The van der Waals surface area contributed by atoms with Crippen LogP contribution in [-0.2, 0) is 12.8 Å². The Bertz CT molecular complexity index is 470. The lowest BCUT2D eigenvalue weighted by atomic mass is 10.1. The molecule has 0 aromatic heterocycles. The number of hydrogen-bond donors (Lipinski definition) is 4. The van der Waals surface area contributed by atoms with Crippen molar-refractivity contribution in [2.75, 3.05) is 11.5 Å². The van der Waals surface area contributed by atoms with E-state index in [-0.39, 0.29) is 12.1 Å². The van der Waals surface area contributed by atoms with Gasteiger partial charge in [0.05, 0.1) is 0 Å². The van der Waals surface area contributed by atoms with Gasteiger partial charge in [0.2, 0.25) is 0 Å². The maximum absolute atomic E-state index is 5.87. The second-order valence-corrected chi connectivity index (χ2v) is 6.82. The van der Waals surface area contributed by atoms with Crippen LogP contribution < -0.4 is 11.5 Å². The number of rotatable bonds is 8. The van der Waals surface area contributed by atoms with Crippen LogP contribution in [0.15, 0.2) is 60.7 Å². The highest BCUT2D eigenvalue weighted by molar-refractivity contribution is 7.80. The van der Waals surface area contributed by atoms with Crippen molar-refractivity contribution in [2.45, 2.75) is 37.8 Å². The van der Waals surface area contributed by atoms with E-state index in [1.807, 2.05) is 36.4 Å². The summed E-state index contributed by atoms with van der Waals surface area (Å²) in [6.45, 7) is 0. The Morgan fingerprint density at radius 1 is 0.625 bits per heavy atom. The first-order chi connectivity index (χ1) is 11.7. The van der Waals surface area contributed by atoms with Crippen molar-refractivity contribution in [3.05, 3.63) is 71.8 Å². The van der Waals surface area contributed by atoms with Gasteiger partial charge in [-0.1, -0.05) is 60.7 Å². The molecule has 0 radical (unpaired) electrons. The minimum atomic E-state index is 0.255. The molecule has 2 unspecified atom stereocenters. The first kappa shape index (κ1) is 21.1. The highest BCUT2D eigenvalue weighted by Crippen LogP contribution is 2.05. The predicted molar refractivity (Wildman–Crippen MR) is 113 cm³/mol. The summed E-state index contributed by atoms with van der Waals surface area (Å²) in [5.41, 5.74) is 14.4. The van der Waals surface area contributed by atoms with E-state index in [4.69, 9.17) is 11.5 Å². The average Bonchev–Trinajstić information content (AvgIpc) is 2.58. The van der Waals surface area contributed by atoms with E-state index in [0.29, 0.717) is 0 Å². The molecule has 132 valence electrons. The lowest BCUT2D eigenvalue weighted by Gasteiger charge is -2.09. The van der Waals surface area contributed by atoms with Gasteiger partial charge in [-0.05, 0) is 48.3 Å². The molecule has 24 heavy (non-hydrogen) atoms. The smallest absolute Gasteiger partial charge is 0.00870 e. The van der Waals surface area contributed by atoms with E-state index in [0.717, 1.165) is 37.2 Å². The molecule has 0 heterocycles. The lowest BCUT2D eigenvalue weighted by Crippen LogP contribution is -2.23. The van der Waals surface area contributed by atoms with Crippen molar-refractivity contribution in [3.8, 4) is 0 Å². The van der Waals surface area contributed by atoms with Crippen LogP contribution in [0.2, 0.25) is 0 Å². The van der Waals surface area contributed by atoms with E-state index in [1.54, 1.807) is 0 Å². The number of nitrogens with two attached hydrogens (primary N) is 2. The SMILES string of the molecule is NC(CCS)Cc1ccccc1.NC(CCS)Cc1ccccc1. The van der Waals surface area contributed by atoms with Crippen molar-refractivity contribution in [2.24, 2.45) is 11.5 Å². The summed E-state index contributed by atoms with van der Waals surface area (Å²) < 4.78 is 0. The Labute approximate surface area is 157 Å². The lowest BCUT2D eigenvalue weighted by molar-refractivity contribution is 0.652. The molecule has 4 N–H and O–H groups in total. The number of benzene rings is 2. The molecule has 0 aliphatic carbocycles. The van der Waals surface area contributed by atoms with Crippen molar-refractivity contribution < 1.29 is 0 Å². The molecule has 2 nitrogen and oxygen atoms in total. The maximum Gasteiger partial charge on any atom is 0.00870 e. The van der Waals surface area contributed by atoms with Crippen LogP contribution in [0, 0.1) is 0 Å². The van der Waals surface area contributed by atoms with E-state index >= 15 is 0 Å². The molecular weight excluding hydrogens is 332 g/mol. The molecule has 0 aliphatic rings. The van der Waals surface area contributed by atoms with Gasteiger partial charge in [0.1, 0.15) is 0 Å². The zero-order valence-corrected chi connectivity index (χ0v) is 16.0. The maximum atomic E-state index is 5.87. The van der Waals surface area contributed by atoms with Crippen molar-refractivity contribution in [1.82, 2.24) is 0 Å². The van der Waals surface area contributed by atoms with Crippen molar-refractivity contribution >= 4 is 25.3 Å². The van der Waals surface area contributed by atoms with Crippen LogP contribution in [0.4, 0.5) is 0 Å². The van der Waals surface area contributed by atoms with Crippen LogP contribution >= 0.6 is 25.3 Å². The van der Waals surface area contributed by atoms with E-state index in [1.165, 1.54) is 11.1 Å². The van der Waals surface area contributed by atoms with Gasteiger partial charge in [0.25, 0.3) is 0 Å². The second kappa shape index (κ2) is 13.4. The van der Waals surface area contributed by atoms with Gasteiger partial charge < -0.3 is 11.5 Å². The second-order valence-electron chi connectivity index (χ2n) is 5.92. The van der Waals surface area contributed by atoms with Gasteiger partial charge in [-0.3, -0.25) is 0 Å². The highest BCUT2D eigenvalue weighted by Gasteiger charge is 2.02. The van der Waals surface area contributed by atoms with Gasteiger partial charge in [-0.25, -0.2) is 0 Å². The molecule has 0 aliphatic heterocycles. The monoisotopic (exact) mass is 362 g/mol. The van der Waals surface area contributed by atoms with E-state index < -0.39 is 0 Å². The Hall–Kier alpha value is -0.940. The Kier molecular flexibility index (Phi) is 11.7. The first-order valence-corrected chi connectivity index (χ1v) is 9.73. The molecule has 2 aromatic carbocycles. The fraction of sp³-hybridized carbons (Fsp3) is 0.400. The molecule has 0 bridgehead atoms. The molecule has 0 saturated heterocycles. The molecular formula is C20H30N2S2. The Morgan fingerprint density at radius 2 is 0.958 bits per heavy atom. The largest absolute Gasteiger partial charge is 0.327 e. The zero-order valence-electron chi connectivity index (χ0n) is 14.2. The zero-order chi connectivity index (χ0) is 17.6. The van der Waals surface area contributed by atoms with Gasteiger partial charge >= 0.3 is 0 Å². The molecule has 2 aromatic rings. The van der Waals surface area contributed by atoms with Crippen LogP contribution in [0.3, 0.4) is 0 Å². The average molecular weight is 363 g/mol. The quantitative estimate of drug-likeness (QED) is 0.541. The summed E-state index contributed by atoms with van der Waals surface area (Å²) in [5.74, 6) is 1.74. The number of hydrogen-bond acceptors (Lipinski definition) is 4. The molecule has 0 amide bonds. The Morgan fingerprint density at radius 3 is 1.25 bits per heavy atom. The third kappa shape index (κ3) is 10.0. The molecule has 0 saturated carbocycles. The standard InChI is InChI=1S/2C10H15NS/c2*11-10(6-7-12)8-9-4-2-1-3-5-9/h2*1-5,10,12H,6-8,11H2. The summed E-state index contributed by atoms with van der Waals surface area (Å²) in [4.78, 5) is 0. The van der Waals surface area contributed by atoms with Crippen LogP contribution in [0.1, 0.15) is 24.0 Å². The predicted octanol–water partition coefficient (Wildman–Crippen LogP) is 3.75. The molecule has 0 fully saturated rings. The molecule has 2 atom stereocenters. The summed E-state index contributed by atoms with van der Waals surface area (Å²) in [7, 11) is 0. The molecule has 4 heteroatoms.